The van der Waals surface area contributed by atoms with E-state index in [2.05, 4.69) is 5.32 Å². The van der Waals surface area contributed by atoms with Gasteiger partial charge in [0.05, 0.1) is 6.10 Å². The van der Waals surface area contributed by atoms with Crippen molar-refractivity contribution < 1.29 is 19.8 Å². The van der Waals surface area contributed by atoms with Crippen molar-refractivity contribution in [1.82, 2.24) is 5.32 Å². The normalized spacial score (nSPS) is 13.7. The van der Waals surface area contributed by atoms with Gasteiger partial charge in [0.15, 0.2) is 5.78 Å². The third kappa shape index (κ3) is 4.81. The SMILES string of the molecule is CC(=O)NCCC(O)C(O)c1cccc(C(C)=O)c1. The summed E-state index contributed by atoms with van der Waals surface area (Å²) in [5.41, 5.74) is 0.980. The molecule has 2 unspecified atom stereocenters. The largest absolute Gasteiger partial charge is 0.390 e. The molecule has 0 saturated heterocycles. The van der Waals surface area contributed by atoms with Gasteiger partial charge >= 0.3 is 0 Å². The second kappa shape index (κ2) is 7.01. The van der Waals surface area contributed by atoms with Gasteiger partial charge in [-0.3, -0.25) is 9.59 Å². The minimum Gasteiger partial charge on any atom is -0.390 e. The molecule has 0 fully saturated rings. The highest BCUT2D eigenvalue weighted by Crippen LogP contribution is 2.20. The Morgan fingerprint density at radius 3 is 2.53 bits per heavy atom. The molecule has 5 heteroatoms. The lowest BCUT2D eigenvalue weighted by Crippen LogP contribution is -2.27. The molecule has 104 valence electrons. The molecule has 0 bridgehead atoms. The molecule has 0 radical (unpaired) electrons. The molecule has 1 aromatic carbocycles. The van der Waals surface area contributed by atoms with Crippen LogP contribution in [0.3, 0.4) is 0 Å². The van der Waals surface area contributed by atoms with Crippen LogP contribution < -0.4 is 5.32 Å². The molecule has 19 heavy (non-hydrogen) atoms. The first-order chi connectivity index (χ1) is 8.91. The standard InChI is InChI=1S/C14H19NO4/c1-9(16)11-4-3-5-12(8-11)14(19)13(18)6-7-15-10(2)17/h3-5,8,13-14,18-19H,6-7H2,1-2H3,(H,15,17). The zero-order valence-electron chi connectivity index (χ0n) is 11.1. The Morgan fingerprint density at radius 2 is 1.95 bits per heavy atom. The lowest BCUT2D eigenvalue weighted by molar-refractivity contribution is -0.119. The maximum Gasteiger partial charge on any atom is 0.216 e. The number of aliphatic hydroxyl groups excluding tert-OH is 2. The molecule has 0 aliphatic rings. The van der Waals surface area contributed by atoms with Crippen molar-refractivity contribution in [3.05, 3.63) is 35.4 Å². The van der Waals surface area contributed by atoms with E-state index in [-0.39, 0.29) is 18.1 Å². The van der Waals surface area contributed by atoms with Gasteiger partial charge < -0.3 is 15.5 Å². The van der Waals surface area contributed by atoms with Crippen LogP contribution in [0.5, 0.6) is 0 Å². The highest BCUT2D eigenvalue weighted by molar-refractivity contribution is 5.94. The molecular weight excluding hydrogens is 246 g/mol. The van der Waals surface area contributed by atoms with Crippen LogP contribution in [0.4, 0.5) is 0 Å². The number of carbonyl (C=O) groups excluding carboxylic acids is 2. The number of benzene rings is 1. The maximum atomic E-state index is 11.2. The molecule has 0 aromatic heterocycles. The maximum absolute atomic E-state index is 11.2. The summed E-state index contributed by atoms with van der Waals surface area (Å²) in [5.74, 6) is -0.276. The fourth-order valence-electron chi connectivity index (χ4n) is 1.72. The molecule has 2 atom stereocenters. The van der Waals surface area contributed by atoms with E-state index in [1.165, 1.54) is 13.8 Å². The van der Waals surface area contributed by atoms with E-state index in [0.29, 0.717) is 17.7 Å². The fourth-order valence-corrected chi connectivity index (χ4v) is 1.72. The van der Waals surface area contributed by atoms with E-state index in [0.717, 1.165) is 0 Å². The van der Waals surface area contributed by atoms with Gasteiger partial charge in [0.2, 0.25) is 5.91 Å². The van der Waals surface area contributed by atoms with Crippen LogP contribution in [0.15, 0.2) is 24.3 Å². The average molecular weight is 265 g/mol. The number of Topliss-reactive ketones (excluding diaryl/α,β-unsaturated/α-hetero) is 1. The predicted molar refractivity (Wildman–Crippen MR) is 70.7 cm³/mol. The number of carbonyl (C=O) groups is 2. The summed E-state index contributed by atoms with van der Waals surface area (Å²) in [5, 5.41) is 22.4. The third-order valence-corrected chi connectivity index (χ3v) is 2.81. The van der Waals surface area contributed by atoms with Gasteiger partial charge in [0.1, 0.15) is 6.10 Å². The molecule has 0 aliphatic heterocycles. The van der Waals surface area contributed by atoms with Crippen LogP contribution in [0.25, 0.3) is 0 Å². The van der Waals surface area contributed by atoms with Crippen LogP contribution in [0.1, 0.15) is 42.3 Å². The average Bonchev–Trinajstić information content (AvgIpc) is 2.37. The van der Waals surface area contributed by atoms with Gasteiger partial charge in [-0.05, 0) is 25.0 Å². The Balaban J connectivity index is 2.65. The number of ketones is 1. The van der Waals surface area contributed by atoms with Crippen LogP contribution in [0.2, 0.25) is 0 Å². The molecule has 3 N–H and O–H groups in total. The summed E-state index contributed by atoms with van der Waals surface area (Å²) < 4.78 is 0. The molecule has 1 amide bonds. The molecule has 1 rings (SSSR count). The van der Waals surface area contributed by atoms with Crippen LogP contribution in [-0.4, -0.2) is 34.6 Å². The summed E-state index contributed by atoms with van der Waals surface area (Å²) in [6, 6.07) is 6.53. The topological polar surface area (TPSA) is 86.6 Å². The molecule has 1 aromatic rings. The lowest BCUT2D eigenvalue weighted by Gasteiger charge is -2.18. The van der Waals surface area contributed by atoms with E-state index in [1.807, 2.05) is 0 Å². The monoisotopic (exact) mass is 265 g/mol. The smallest absolute Gasteiger partial charge is 0.216 e. The molecule has 0 aliphatic carbocycles. The van der Waals surface area contributed by atoms with Crippen molar-refractivity contribution in [3.63, 3.8) is 0 Å². The van der Waals surface area contributed by atoms with Crippen LogP contribution in [-0.2, 0) is 4.79 Å². The Hall–Kier alpha value is -1.72. The third-order valence-electron chi connectivity index (χ3n) is 2.81. The van der Waals surface area contributed by atoms with Gasteiger partial charge in [0.25, 0.3) is 0 Å². The number of hydrogen-bond acceptors (Lipinski definition) is 4. The van der Waals surface area contributed by atoms with E-state index < -0.39 is 12.2 Å². The molecule has 0 heterocycles. The quantitative estimate of drug-likeness (QED) is 0.664. The number of nitrogens with one attached hydrogen (secondary N) is 1. The summed E-state index contributed by atoms with van der Waals surface area (Å²) in [6.45, 7) is 3.12. The number of hydrogen-bond donors (Lipinski definition) is 3. The first kappa shape index (κ1) is 15.3. The Morgan fingerprint density at radius 1 is 1.26 bits per heavy atom. The minimum absolute atomic E-state index is 0.0956. The van der Waals surface area contributed by atoms with Crippen molar-refractivity contribution in [2.45, 2.75) is 32.5 Å². The first-order valence-electron chi connectivity index (χ1n) is 6.13. The summed E-state index contributed by atoms with van der Waals surface area (Å²) in [4.78, 5) is 21.9. The van der Waals surface area contributed by atoms with Crippen LogP contribution >= 0.6 is 0 Å². The zero-order valence-corrected chi connectivity index (χ0v) is 11.1. The summed E-state index contributed by atoms with van der Waals surface area (Å²) >= 11 is 0. The Kier molecular flexibility index (Phi) is 5.66. The number of amides is 1. The predicted octanol–water partition coefficient (Wildman–Crippen LogP) is 0.810. The van der Waals surface area contributed by atoms with Gasteiger partial charge in [-0.1, -0.05) is 18.2 Å². The van der Waals surface area contributed by atoms with Crippen LogP contribution in [0, 0.1) is 0 Å². The van der Waals surface area contributed by atoms with Crippen molar-refractivity contribution in [2.75, 3.05) is 6.54 Å². The number of rotatable bonds is 6. The summed E-state index contributed by atoms with van der Waals surface area (Å²) in [7, 11) is 0. The van der Waals surface area contributed by atoms with Crippen molar-refractivity contribution >= 4 is 11.7 Å². The van der Waals surface area contributed by atoms with Crippen molar-refractivity contribution in [3.8, 4) is 0 Å². The highest BCUT2D eigenvalue weighted by atomic mass is 16.3. The highest BCUT2D eigenvalue weighted by Gasteiger charge is 2.18. The van der Waals surface area contributed by atoms with E-state index >= 15 is 0 Å². The van der Waals surface area contributed by atoms with Crippen molar-refractivity contribution in [1.29, 1.82) is 0 Å². The fraction of sp³-hybridized carbons (Fsp3) is 0.429. The first-order valence-corrected chi connectivity index (χ1v) is 6.13. The van der Waals surface area contributed by atoms with Gasteiger partial charge in [0, 0.05) is 19.0 Å². The van der Waals surface area contributed by atoms with Gasteiger partial charge in [-0.25, -0.2) is 0 Å². The van der Waals surface area contributed by atoms with Gasteiger partial charge in [-0.15, -0.1) is 0 Å². The zero-order chi connectivity index (χ0) is 14.4. The Labute approximate surface area is 112 Å². The second-order valence-electron chi connectivity index (χ2n) is 4.47. The van der Waals surface area contributed by atoms with E-state index in [4.69, 9.17) is 0 Å². The molecule has 5 nitrogen and oxygen atoms in total. The summed E-state index contributed by atoms with van der Waals surface area (Å²) in [6.07, 6.45) is -1.83. The minimum atomic E-state index is -1.08. The molecule has 0 spiro atoms. The molecular formula is C14H19NO4. The van der Waals surface area contributed by atoms with E-state index in [1.54, 1.807) is 24.3 Å². The molecule has 0 saturated carbocycles. The van der Waals surface area contributed by atoms with E-state index in [9.17, 15) is 19.8 Å². The van der Waals surface area contributed by atoms with Gasteiger partial charge in [-0.2, -0.15) is 0 Å². The second-order valence-corrected chi connectivity index (χ2v) is 4.47. The Bertz CT molecular complexity index is 459. The van der Waals surface area contributed by atoms with Crippen molar-refractivity contribution in [2.24, 2.45) is 0 Å². The lowest BCUT2D eigenvalue weighted by atomic mass is 9.99. The number of aliphatic hydroxyl groups is 2.